The monoisotopic (exact) mass is 443 g/mol. The van der Waals surface area contributed by atoms with E-state index in [1.54, 1.807) is 12.1 Å². The summed E-state index contributed by atoms with van der Waals surface area (Å²) < 4.78 is 72.2. The largest absolute Gasteiger partial charge is 0.416 e. The Balaban J connectivity index is 1.60. The van der Waals surface area contributed by atoms with Gasteiger partial charge in [0.1, 0.15) is 0 Å². The van der Waals surface area contributed by atoms with Crippen LogP contribution in [0.3, 0.4) is 0 Å². The zero-order valence-electron chi connectivity index (χ0n) is 14.9. The number of hydrogen-bond donors (Lipinski definition) is 1. The molecule has 0 spiro atoms. The Morgan fingerprint density at radius 1 is 1.10 bits per heavy atom. The second kappa shape index (κ2) is 7.47. The third-order valence-corrected chi connectivity index (χ3v) is 6.84. The van der Waals surface area contributed by atoms with Crippen LogP contribution in [0.4, 0.5) is 24.0 Å². The van der Waals surface area contributed by atoms with E-state index in [9.17, 15) is 21.6 Å². The Morgan fingerprint density at radius 3 is 2.59 bits per heavy atom. The van der Waals surface area contributed by atoms with Crippen molar-refractivity contribution in [1.82, 2.24) is 4.98 Å². The number of morpholine rings is 1. The molecule has 154 valence electrons. The first-order valence-electron chi connectivity index (χ1n) is 8.66. The van der Waals surface area contributed by atoms with Gasteiger partial charge in [0.15, 0.2) is 5.13 Å². The van der Waals surface area contributed by atoms with Crippen molar-refractivity contribution >= 4 is 42.4 Å². The van der Waals surface area contributed by atoms with Crippen LogP contribution >= 0.6 is 11.3 Å². The molecule has 0 atom stereocenters. The standard InChI is InChI=1S/C18H16F3N3O3S2/c19-18(20,21)12-2-1-3-14(10-12)29(25,26)23-13-4-5-15-16(11-13)28-17(22-15)24-6-8-27-9-7-24/h1-5,10-11,23H,6-9H2. The molecule has 1 N–H and O–H groups in total. The second-order valence-corrected chi connectivity index (χ2v) is 9.10. The van der Waals surface area contributed by atoms with E-state index in [2.05, 4.69) is 14.6 Å². The van der Waals surface area contributed by atoms with Crippen LogP contribution in [0.1, 0.15) is 5.56 Å². The van der Waals surface area contributed by atoms with Gasteiger partial charge in [-0.1, -0.05) is 17.4 Å². The summed E-state index contributed by atoms with van der Waals surface area (Å²) in [5.74, 6) is 0. The Kier molecular flexibility index (Phi) is 5.13. The van der Waals surface area contributed by atoms with Gasteiger partial charge in [-0.15, -0.1) is 0 Å². The van der Waals surface area contributed by atoms with Gasteiger partial charge < -0.3 is 9.64 Å². The summed E-state index contributed by atoms with van der Waals surface area (Å²) in [5.41, 5.74) is -0.0426. The van der Waals surface area contributed by atoms with E-state index in [1.165, 1.54) is 17.4 Å². The van der Waals surface area contributed by atoms with E-state index in [0.29, 0.717) is 19.3 Å². The summed E-state index contributed by atoms with van der Waals surface area (Å²) >= 11 is 1.42. The van der Waals surface area contributed by atoms with Crippen LogP contribution in [0.5, 0.6) is 0 Å². The van der Waals surface area contributed by atoms with Gasteiger partial charge in [-0.05, 0) is 36.4 Å². The van der Waals surface area contributed by atoms with Crippen molar-refractivity contribution in [3.63, 3.8) is 0 Å². The van der Waals surface area contributed by atoms with Gasteiger partial charge in [0.05, 0.1) is 39.6 Å². The van der Waals surface area contributed by atoms with Gasteiger partial charge in [0.2, 0.25) is 0 Å². The molecule has 11 heteroatoms. The highest BCUT2D eigenvalue weighted by atomic mass is 32.2. The smallest absolute Gasteiger partial charge is 0.378 e. The number of sulfonamides is 1. The van der Waals surface area contributed by atoms with Gasteiger partial charge in [-0.2, -0.15) is 13.2 Å². The molecule has 3 aromatic rings. The van der Waals surface area contributed by atoms with E-state index in [4.69, 9.17) is 4.74 Å². The molecule has 1 aliphatic heterocycles. The second-order valence-electron chi connectivity index (χ2n) is 6.41. The van der Waals surface area contributed by atoms with Crippen molar-refractivity contribution in [3.05, 3.63) is 48.0 Å². The third kappa shape index (κ3) is 4.31. The van der Waals surface area contributed by atoms with Crippen molar-refractivity contribution in [2.75, 3.05) is 35.9 Å². The zero-order chi connectivity index (χ0) is 20.6. The number of thiazole rings is 1. The summed E-state index contributed by atoms with van der Waals surface area (Å²) in [4.78, 5) is 6.20. The molecule has 1 aromatic heterocycles. The highest BCUT2D eigenvalue weighted by molar-refractivity contribution is 7.92. The molecule has 6 nitrogen and oxygen atoms in total. The maximum atomic E-state index is 12.9. The van der Waals surface area contributed by atoms with Crippen LogP contribution in [0.15, 0.2) is 47.4 Å². The normalized spacial score (nSPS) is 15.6. The predicted octanol–water partition coefficient (Wildman–Crippen LogP) is 3.95. The van der Waals surface area contributed by atoms with E-state index >= 15 is 0 Å². The van der Waals surface area contributed by atoms with Crippen LogP contribution in [0.25, 0.3) is 10.2 Å². The molecular weight excluding hydrogens is 427 g/mol. The molecule has 0 radical (unpaired) electrons. The summed E-state index contributed by atoms with van der Waals surface area (Å²) in [5, 5.41) is 0.821. The first-order chi connectivity index (χ1) is 13.7. The Labute approximate surface area is 169 Å². The number of aromatic nitrogens is 1. The minimum atomic E-state index is -4.62. The topological polar surface area (TPSA) is 71.5 Å². The molecule has 0 bridgehead atoms. The average Bonchev–Trinajstić information content (AvgIpc) is 3.11. The molecule has 0 aliphatic carbocycles. The molecule has 0 unspecified atom stereocenters. The third-order valence-electron chi connectivity index (χ3n) is 4.38. The van der Waals surface area contributed by atoms with Crippen LogP contribution in [-0.4, -0.2) is 39.7 Å². The molecule has 0 saturated carbocycles. The van der Waals surface area contributed by atoms with E-state index in [0.717, 1.165) is 46.6 Å². The zero-order valence-corrected chi connectivity index (χ0v) is 16.6. The first-order valence-corrected chi connectivity index (χ1v) is 11.0. The van der Waals surface area contributed by atoms with Gasteiger partial charge in [-0.25, -0.2) is 13.4 Å². The lowest BCUT2D eigenvalue weighted by atomic mass is 10.2. The molecule has 1 aliphatic rings. The van der Waals surface area contributed by atoms with Crippen LogP contribution < -0.4 is 9.62 Å². The number of hydrogen-bond acceptors (Lipinski definition) is 6. The summed E-state index contributed by atoms with van der Waals surface area (Å²) in [7, 11) is -4.17. The van der Waals surface area contributed by atoms with Gasteiger partial charge in [0, 0.05) is 13.1 Å². The quantitative estimate of drug-likeness (QED) is 0.661. The van der Waals surface area contributed by atoms with Crippen molar-refractivity contribution in [1.29, 1.82) is 0 Å². The molecule has 0 amide bonds. The number of nitrogens with one attached hydrogen (secondary N) is 1. The Morgan fingerprint density at radius 2 is 1.86 bits per heavy atom. The number of fused-ring (bicyclic) bond motifs is 1. The average molecular weight is 443 g/mol. The minimum Gasteiger partial charge on any atom is -0.378 e. The molecule has 2 heterocycles. The summed E-state index contributed by atoms with van der Waals surface area (Å²) in [6, 6.07) is 8.48. The Bertz CT molecular complexity index is 1140. The molecule has 2 aromatic carbocycles. The fraction of sp³-hybridized carbons (Fsp3) is 0.278. The van der Waals surface area contributed by atoms with E-state index in [1.807, 2.05) is 0 Å². The Hall–Kier alpha value is -2.37. The number of anilines is 2. The molecule has 1 fully saturated rings. The fourth-order valence-electron chi connectivity index (χ4n) is 2.92. The van der Waals surface area contributed by atoms with Gasteiger partial charge >= 0.3 is 6.18 Å². The maximum Gasteiger partial charge on any atom is 0.416 e. The van der Waals surface area contributed by atoms with Gasteiger partial charge in [0.25, 0.3) is 10.0 Å². The SMILES string of the molecule is O=S(=O)(Nc1ccc2nc(N3CCOCC3)sc2c1)c1cccc(C(F)(F)F)c1. The highest BCUT2D eigenvalue weighted by Crippen LogP contribution is 2.33. The number of halogens is 3. The summed E-state index contributed by atoms with van der Waals surface area (Å²) in [6.07, 6.45) is -4.62. The summed E-state index contributed by atoms with van der Waals surface area (Å²) in [6.45, 7) is 2.71. The number of rotatable bonds is 4. The lowest BCUT2D eigenvalue weighted by molar-refractivity contribution is -0.137. The van der Waals surface area contributed by atoms with Crippen LogP contribution in [0.2, 0.25) is 0 Å². The molecule has 4 rings (SSSR count). The van der Waals surface area contributed by atoms with Crippen molar-refractivity contribution in [3.8, 4) is 0 Å². The number of alkyl halides is 3. The lowest BCUT2D eigenvalue weighted by Gasteiger charge is -2.25. The van der Waals surface area contributed by atoms with Crippen LogP contribution in [-0.2, 0) is 20.9 Å². The number of ether oxygens (including phenoxy) is 1. The van der Waals surface area contributed by atoms with Crippen molar-refractivity contribution in [2.45, 2.75) is 11.1 Å². The predicted molar refractivity (Wildman–Crippen MR) is 105 cm³/mol. The first kappa shape index (κ1) is 19.9. The maximum absolute atomic E-state index is 12.9. The van der Waals surface area contributed by atoms with Crippen molar-refractivity contribution < 1.29 is 26.3 Å². The van der Waals surface area contributed by atoms with Crippen molar-refractivity contribution in [2.24, 2.45) is 0 Å². The lowest BCUT2D eigenvalue weighted by Crippen LogP contribution is -2.36. The van der Waals surface area contributed by atoms with E-state index in [-0.39, 0.29) is 5.69 Å². The molecular formula is C18H16F3N3O3S2. The highest BCUT2D eigenvalue weighted by Gasteiger charge is 2.31. The van der Waals surface area contributed by atoms with Crippen LogP contribution in [0, 0.1) is 0 Å². The molecule has 1 saturated heterocycles. The fourth-order valence-corrected chi connectivity index (χ4v) is 5.07. The van der Waals surface area contributed by atoms with Gasteiger partial charge in [-0.3, -0.25) is 4.72 Å². The van der Waals surface area contributed by atoms with E-state index < -0.39 is 26.7 Å². The minimum absolute atomic E-state index is 0.257. The molecule has 29 heavy (non-hydrogen) atoms. The number of benzene rings is 2. The number of nitrogens with zero attached hydrogens (tertiary/aromatic N) is 2.